The number of carbonyl (C=O) groups is 16. The lowest BCUT2D eigenvalue weighted by molar-refractivity contribution is -0.163. The van der Waals surface area contributed by atoms with Crippen LogP contribution in [0.4, 0.5) is 0 Å². The van der Waals surface area contributed by atoms with Crippen LogP contribution in [0, 0.1) is 16.2 Å². The summed E-state index contributed by atoms with van der Waals surface area (Å²) in [5.74, 6) is -8.21. The van der Waals surface area contributed by atoms with E-state index in [1.54, 1.807) is 0 Å². The molecule has 0 aromatic heterocycles. The molecule has 0 aromatic rings. The topological polar surface area (TPSA) is 719 Å². The molecular weight excluding hydrogens is 1810 g/mol. The molecule has 0 atom stereocenters. The van der Waals surface area contributed by atoms with Crippen LogP contribution in [-0.2, 0) is 181 Å². The Morgan fingerprint density at radius 1 is 0.289 bits per heavy atom. The number of hydrogen-bond donors (Lipinski definition) is 8. The van der Waals surface area contributed by atoms with Gasteiger partial charge < -0.3 is 140 Å². The van der Waals surface area contributed by atoms with Crippen LogP contribution in [0.2, 0.25) is 0 Å². The van der Waals surface area contributed by atoms with Crippen molar-refractivity contribution >= 4 is 122 Å². The summed E-state index contributed by atoms with van der Waals surface area (Å²) in [5, 5.41) is 70.3. The third-order valence-electron chi connectivity index (χ3n) is 16.8. The van der Waals surface area contributed by atoms with Gasteiger partial charge in [-0.05, 0) is 77.0 Å². The van der Waals surface area contributed by atoms with E-state index in [0.29, 0.717) is 70.0 Å². The van der Waals surface area contributed by atoms with E-state index in [4.69, 9.17) is 136 Å². The standard InChI is InChI=1S/C33H52O18.C32H46N4O15.C12H26O7.C5H6O3.3CH2O.3H2/c1-25(6-2-7-26(34)35)48-19-16-45-22-33(14-15-49-30(42)11-3-8-27(36)37,23-46-17-20-50-31(43)12-4-9-28(38)39)24-47-18-21-51-32(44)13-5-10-29(40)41;37-24-33-10-1-5-28(41)48-14-9-32(21-45-15-18-49-29(42)6-2-11-34-25-38,22-46-16-19-50-30(43)7-3-12-35-26-39)23-47-17-20-51-31(44)8-4-13-36-27-40;13-2-1-12(9-17-6-3-14,10-18-7-4-15)11-19-8-5-16;6-4-2-1-3-5(7)8-4;3*1-2;;;/h1-24H2,(H,34,35)(H,36,37)(H,38,39)(H,40,41);1-23H2;13-16H,1-11H2;1-3H2;3*1H2;3*1H. The van der Waals surface area contributed by atoms with Gasteiger partial charge in [0.05, 0.1) is 184 Å². The Morgan fingerprint density at radius 2 is 0.496 bits per heavy atom. The average Bonchev–Trinajstić information content (AvgIpc) is 0.827. The van der Waals surface area contributed by atoms with Crippen LogP contribution in [-0.4, -0.2) is 388 Å². The second kappa shape index (κ2) is 100. The molecule has 1 fully saturated rings. The van der Waals surface area contributed by atoms with Gasteiger partial charge in [0.2, 0.25) is 24.3 Å². The van der Waals surface area contributed by atoms with Crippen molar-refractivity contribution in [2.45, 2.75) is 167 Å². The maximum Gasteiger partial charge on any atom is 0.313 e. The Morgan fingerprint density at radius 3 is 0.704 bits per heavy atom. The van der Waals surface area contributed by atoms with Crippen LogP contribution in [0.15, 0.2) is 32.3 Å². The smallest absolute Gasteiger partial charge is 0.313 e. The molecule has 0 unspecified atom stereocenters. The molecule has 1 aliphatic rings. The van der Waals surface area contributed by atoms with Gasteiger partial charge in [0.1, 0.15) is 60.0 Å². The van der Waals surface area contributed by atoms with Crippen molar-refractivity contribution in [3.8, 4) is 0 Å². The molecule has 50 nitrogen and oxygen atoms in total. The van der Waals surface area contributed by atoms with Crippen LogP contribution in [0.25, 0.3) is 0 Å². The highest BCUT2D eigenvalue weighted by Crippen LogP contribution is 2.28. The van der Waals surface area contributed by atoms with E-state index in [1.807, 2.05) is 20.4 Å². The fourth-order valence-electron chi connectivity index (χ4n) is 10.3. The zero-order valence-corrected chi connectivity index (χ0v) is 76.6. The number of carbonyl (C=O) groups excluding carboxylic acids is 16. The summed E-state index contributed by atoms with van der Waals surface area (Å²) in [6.45, 7) is 10.7. The van der Waals surface area contributed by atoms with Gasteiger partial charge in [-0.15, -0.1) is 0 Å². The van der Waals surface area contributed by atoms with Crippen molar-refractivity contribution in [2.75, 3.05) is 224 Å². The number of esters is 9. The maximum absolute atomic E-state index is 12.2. The second-order valence-electron chi connectivity index (χ2n) is 28.0. The van der Waals surface area contributed by atoms with E-state index in [0.717, 1.165) is 0 Å². The second-order valence-corrected chi connectivity index (χ2v) is 28.0. The number of cyclic esters (lactones) is 2. The lowest BCUT2D eigenvalue weighted by atomic mass is 9.87. The number of rotatable bonds is 83. The van der Waals surface area contributed by atoms with Gasteiger partial charge in [0.15, 0.2) is 0 Å². The summed E-state index contributed by atoms with van der Waals surface area (Å²) in [7, 11) is 0. The summed E-state index contributed by atoms with van der Waals surface area (Å²) in [4.78, 5) is 225. The zero-order chi connectivity index (χ0) is 102. The van der Waals surface area contributed by atoms with Crippen molar-refractivity contribution in [1.29, 1.82) is 0 Å². The van der Waals surface area contributed by atoms with Crippen molar-refractivity contribution in [3.63, 3.8) is 0 Å². The zero-order valence-electron chi connectivity index (χ0n) is 76.6. The average molecular weight is 1960 g/mol. The minimum atomic E-state index is -1.04. The van der Waals surface area contributed by atoms with E-state index in [-0.39, 0.29) is 343 Å². The Labute approximate surface area is 785 Å². The molecule has 778 valence electrons. The molecule has 1 saturated heterocycles. The lowest BCUT2D eigenvalue weighted by Crippen LogP contribution is -2.40. The molecule has 1 rings (SSSR count). The summed E-state index contributed by atoms with van der Waals surface area (Å²) in [6, 6.07) is 0. The quantitative estimate of drug-likeness (QED) is 0.00824. The van der Waals surface area contributed by atoms with Crippen molar-refractivity contribution in [2.24, 2.45) is 36.2 Å². The molecule has 0 radical (unpaired) electrons. The molecule has 0 amide bonds. The highest BCUT2D eigenvalue weighted by atomic mass is 16.6. The molecule has 135 heavy (non-hydrogen) atoms. The van der Waals surface area contributed by atoms with E-state index in [2.05, 4.69) is 31.3 Å². The number of isocyanates is 4. The number of allylic oxidation sites excluding steroid dienone is 1. The van der Waals surface area contributed by atoms with Crippen LogP contribution in [0.5, 0.6) is 0 Å². The Balaban J connectivity index is -0.000000255. The third-order valence-corrected chi connectivity index (χ3v) is 16.8. The molecule has 0 bridgehead atoms. The number of aliphatic imine (C=N–C) groups is 4. The number of aliphatic carboxylic acids is 4. The number of carboxylic acid groups (broad SMARTS) is 4. The number of nitrogens with zero attached hydrogens (tertiary/aromatic N) is 4. The van der Waals surface area contributed by atoms with Crippen LogP contribution < -0.4 is 0 Å². The summed E-state index contributed by atoms with van der Waals surface area (Å²) >= 11 is 0. The first-order valence-corrected chi connectivity index (χ1v) is 42.7. The molecule has 1 aliphatic heterocycles. The minimum absolute atomic E-state index is 0. The van der Waals surface area contributed by atoms with Crippen molar-refractivity contribution in [1.82, 2.24) is 0 Å². The van der Waals surface area contributed by atoms with Gasteiger partial charge in [-0.2, -0.15) is 0 Å². The molecular formula is C85H142N4O46. The first-order chi connectivity index (χ1) is 65.1. The highest BCUT2D eigenvalue weighted by molar-refractivity contribution is 5.88. The first kappa shape index (κ1) is 135. The van der Waals surface area contributed by atoms with E-state index in [9.17, 15) is 81.5 Å². The summed E-state index contributed by atoms with van der Waals surface area (Å²) in [6.07, 6.45) is 9.42. The molecule has 1 heterocycles. The van der Waals surface area contributed by atoms with Gasteiger partial charge in [-0.3, -0.25) is 62.3 Å². The number of ether oxygens (including phenoxy) is 18. The predicted octanol–water partition coefficient (Wildman–Crippen LogP) is 2.45. The maximum atomic E-state index is 12.2. The SMILES string of the molecule is C=C(CCCC(=O)O)OCCOCC(CCOC(=O)CCCC(=O)O)(COCCOC(=O)CCCC(=O)O)COCCOC(=O)CCCC(=O)O.C=O.C=O.C=O.O=C1CCCC(=O)O1.O=C=NCCCC(=O)OCCOCC(CCOC(=O)CCCN=C=O)(COCCOC(=O)CCCN=C=O)COCCOC(=O)CCCN=C=O.OCCOCC(CCO)(COCCO)COCCO.[HH].[HH].[HH]. The summed E-state index contributed by atoms with van der Waals surface area (Å²) < 4.78 is 96.9. The van der Waals surface area contributed by atoms with Crippen LogP contribution in [0.1, 0.15) is 171 Å². The highest BCUT2D eigenvalue weighted by Gasteiger charge is 2.35. The van der Waals surface area contributed by atoms with E-state index >= 15 is 0 Å². The van der Waals surface area contributed by atoms with Crippen LogP contribution >= 0.6 is 0 Å². The van der Waals surface area contributed by atoms with Crippen molar-refractivity contribution in [3.05, 3.63) is 12.3 Å². The van der Waals surface area contributed by atoms with E-state index in [1.165, 1.54) is 24.3 Å². The van der Waals surface area contributed by atoms with Gasteiger partial charge in [-0.1, -0.05) is 6.58 Å². The molecule has 50 heteroatoms. The Bertz CT molecular complexity index is 3020. The van der Waals surface area contributed by atoms with Crippen molar-refractivity contribution < 1.29 is 226 Å². The Kier molecular flexibility index (Phi) is 100. The first-order valence-electron chi connectivity index (χ1n) is 42.7. The molecule has 0 aliphatic carbocycles. The van der Waals surface area contributed by atoms with Crippen LogP contribution in [0.3, 0.4) is 0 Å². The normalized spacial score (nSPS) is 11.4. The van der Waals surface area contributed by atoms with Gasteiger partial charge in [-0.25, -0.2) is 39.1 Å². The number of carboxylic acids is 4. The fourth-order valence-corrected chi connectivity index (χ4v) is 10.3. The Hall–Kier alpha value is -11.1. The predicted molar refractivity (Wildman–Crippen MR) is 466 cm³/mol. The monoisotopic (exact) mass is 1950 g/mol. The van der Waals surface area contributed by atoms with Gasteiger partial charge >= 0.3 is 77.6 Å². The lowest BCUT2D eigenvalue weighted by Gasteiger charge is -2.33. The number of aliphatic hydroxyl groups is 4. The van der Waals surface area contributed by atoms with Gasteiger partial charge in [0.25, 0.3) is 0 Å². The minimum Gasteiger partial charge on any atom is -0.496 e. The molecule has 0 aromatic carbocycles. The van der Waals surface area contributed by atoms with Gasteiger partial charge in [0, 0.05) is 117 Å². The van der Waals surface area contributed by atoms with E-state index < -0.39 is 81.9 Å². The third kappa shape index (κ3) is 95.8. The molecule has 0 saturated carbocycles. The fraction of sp³-hybridized carbons (Fsp3) is 0.741. The number of aliphatic hydroxyl groups excluding tert-OH is 4. The molecule has 8 N–H and O–H groups in total. The number of hydrogen-bond acceptors (Lipinski definition) is 46. The summed E-state index contributed by atoms with van der Waals surface area (Å²) in [5.41, 5.74) is -2.47. The molecule has 0 spiro atoms. The largest absolute Gasteiger partial charge is 0.496 e.